The fourth-order valence-electron chi connectivity index (χ4n) is 1.32. The van der Waals surface area contributed by atoms with Gasteiger partial charge in [0.25, 0.3) is 0 Å². The number of amides is 2. The molecule has 2 amide bonds. The van der Waals surface area contributed by atoms with Crippen molar-refractivity contribution in [1.29, 1.82) is 0 Å². The van der Waals surface area contributed by atoms with Crippen LogP contribution in [0.3, 0.4) is 0 Å². The Morgan fingerprint density at radius 2 is 2.18 bits per heavy atom. The second-order valence-corrected chi connectivity index (χ2v) is 3.51. The fourth-order valence-corrected chi connectivity index (χ4v) is 1.32. The molecule has 17 heavy (non-hydrogen) atoms. The molecule has 0 spiro atoms. The molecule has 1 saturated heterocycles. The molecule has 1 aliphatic heterocycles. The van der Waals surface area contributed by atoms with Gasteiger partial charge in [-0.15, -0.1) is 0 Å². The maximum Gasteiger partial charge on any atom is 0.330 e. The minimum Gasteiger partial charge on any atom is -0.508 e. The first-order chi connectivity index (χ1) is 8.24. The third-order valence-corrected chi connectivity index (χ3v) is 2.15. The minimum absolute atomic E-state index is 0.213. The van der Waals surface area contributed by atoms with E-state index in [1.165, 1.54) is 0 Å². The van der Waals surface area contributed by atoms with Crippen LogP contribution in [0.25, 0.3) is 0 Å². The number of benzene rings is 1. The molecule has 0 bridgehead atoms. The summed E-state index contributed by atoms with van der Waals surface area (Å²) < 4.78 is 0. The first-order valence-corrected chi connectivity index (χ1v) is 5.11. The van der Waals surface area contributed by atoms with Gasteiger partial charge in [-0.1, -0.05) is 0 Å². The number of carbonyl (C=O) groups is 1. The van der Waals surface area contributed by atoms with E-state index in [0.29, 0.717) is 6.54 Å². The SMILES string of the molecule is O=C1NNCC(N/N=C/c2ccc(O)cc2)N1. The van der Waals surface area contributed by atoms with Crippen molar-refractivity contribution in [1.82, 2.24) is 21.6 Å². The number of urea groups is 1. The molecule has 0 aliphatic carbocycles. The van der Waals surface area contributed by atoms with Gasteiger partial charge in [0.2, 0.25) is 0 Å². The number of nitrogens with one attached hydrogen (secondary N) is 4. The highest BCUT2D eigenvalue weighted by Gasteiger charge is 2.15. The second kappa shape index (κ2) is 5.17. The smallest absolute Gasteiger partial charge is 0.330 e. The summed E-state index contributed by atoms with van der Waals surface area (Å²) in [4.78, 5) is 10.9. The summed E-state index contributed by atoms with van der Waals surface area (Å²) in [7, 11) is 0. The second-order valence-electron chi connectivity index (χ2n) is 3.51. The molecule has 5 N–H and O–H groups in total. The highest BCUT2D eigenvalue weighted by molar-refractivity contribution is 5.79. The topological polar surface area (TPSA) is 97.8 Å². The lowest BCUT2D eigenvalue weighted by Gasteiger charge is -2.24. The number of phenols is 1. The van der Waals surface area contributed by atoms with Gasteiger partial charge in [-0.05, 0) is 29.8 Å². The van der Waals surface area contributed by atoms with Gasteiger partial charge in [-0.3, -0.25) is 10.9 Å². The van der Waals surface area contributed by atoms with Crippen molar-refractivity contribution in [3.05, 3.63) is 29.8 Å². The molecule has 1 atom stereocenters. The van der Waals surface area contributed by atoms with Crippen molar-refractivity contribution < 1.29 is 9.90 Å². The van der Waals surface area contributed by atoms with Crippen molar-refractivity contribution in [2.75, 3.05) is 6.54 Å². The molecular formula is C10H13N5O2. The van der Waals surface area contributed by atoms with Crippen LogP contribution in [0, 0.1) is 0 Å². The number of hydrogen-bond donors (Lipinski definition) is 5. The highest BCUT2D eigenvalue weighted by Crippen LogP contribution is 2.07. The van der Waals surface area contributed by atoms with E-state index in [0.717, 1.165) is 5.56 Å². The van der Waals surface area contributed by atoms with Gasteiger partial charge >= 0.3 is 6.03 Å². The van der Waals surface area contributed by atoms with Gasteiger partial charge in [0.1, 0.15) is 11.9 Å². The molecule has 90 valence electrons. The van der Waals surface area contributed by atoms with Crippen LogP contribution in [0.2, 0.25) is 0 Å². The van der Waals surface area contributed by atoms with E-state index in [1.807, 2.05) is 0 Å². The van der Waals surface area contributed by atoms with E-state index in [9.17, 15) is 4.79 Å². The average molecular weight is 235 g/mol. The number of rotatable bonds is 3. The first kappa shape index (κ1) is 11.2. The predicted molar refractivity (Wildman–Crippen MR) is 62.3 cm³/mol. The summed E-state index contributed by atoms with van der Waals surface area (Å²) in [6.45, 7) is 0.526. The van der Waals surface area contributed by atoms with Gasteiger partial charge in [0.05, 0.1) is 12.8 Å². The number of carbonyl (C=O) groups excluding carboxylic acids is 1. The molecule has 0 saturated carbocycles. The van der Waals surface area contributed by atoms with Crippen LogP contribution in [0.5, 0.6) is 5.75 Å². The van der Waals surface area contributed by atoms with Crippen LogP contribution in [-0.4, -0.2) is 30.1 Å². The molecule has 0 radical (unpaired) electrons. The summed E-state index contributed by atoms with van der Waals surface area (Å²) in [5.41, 5.74) is 8.75. The van der Waals surface area contributed by atoms with Crippen LogP contribution in [0.4, 0.5) is 4.79 Å². The molecule has 1 fully saturated rings. The monoisotopic (exact) mass is 235 g/mol. The number of aromatic hydroxyl groups is 1. The summed E-state index contributed by atoms with van der Waals surface area (Å²) in [5.74, 6) is 0.213. The van der Waals surface area contributed by atoms with Crippen molar-refractivity contribution in [2.24, 2.45) is 5.10 Å². The maximum absolute atomic E-state index is 10.9. The number of hydrogen-bond acceptors (Lipinski definition) is 5. The molecule has 2 rings (SSSR count). The molecule has 1 aromatic rings. The standard InChI is InChI=1S/C10H13N5O2/c16-8-3-1-7(2-4-8)5-11-14-9-6-12-15-10(17)13-9/h1-5,9,12,14,16H,6H2,(H2,13,15,17)/b11-5+. The normalized spacial score (nSPS) is 19.8. The Hall–Kier alpha value is -2.28. The van der Waals surface area contributed by atoms with Crippen LogP contribution in [0.15, 0.2) is 29.4 Å². The van der Waals surface area contributed by atoms with Gasteiger partial charge in [-0.25, -0.2) is 10.2 Å². The molecule has 1 aliphatic rings. The number of hydrazone groups is 1. The zero-order chi connectivity index (χ0) is 12.1. The maximum atomic E-state index is 10.9. The lowest BCUT2D eigenvalue weighted by atomic mass is 10.2. The van der Waals surface area contributed by atoms with Gasteiger partial charge in [0.15, 0.2) is 0 Å². The number of nitrogens with zero attached hydrogens (tertiary/aromatic N) is 1. The Morgan fingerprint density at radius 1 is 1.41 bits per heavy atom. The van der Waals surface area contributed by atoms with Crippen LogP contribution in [-0.2, 0) is 0 Å². The average Bonchev–Trinajstić information content (AvgIpc) is 2.32. The van der Waals surface area contributed by atoms with E-state index in [4.69, 9.17) is 5.11 Å². The van der Waals surface area contributed by atoms with Gasteiger partial charge in [0, 0.05) is 0 Å². The van der Waals surface area contributed by atoms with Crippen molar-refractivity contribution in [3.8, 4) is 5.75 Å². The predicted octanol–water partition coefficient (Wildman–Crippen LogP) is -0.541. The number of hydrazine groups is 1. The Labute approximate surface area is 97.9 Å². The molecule has 1 heterocycles. The quantitative estimate of drug-likeness (QED) is 0.359. The van der Waals surface area contributed by atoms with Crippen LogP contribution >= 0.6 is 0 Å². The lowest BCUT2D eigenvalue weighted by molar-refractivity contribution is 0.217. The lowest BCUT2D eigenvalue weighted by Crippen LogP contribution is -2.62. The van der Waals surface area contributed by atoms with Gasteiger partial charge < -0.3 is 10.4 Å². The Kier molecular flexibility index (Phi) is 3.41. The molecular weight excluding hydrogens is 222 g/mol. The van der Waals surface area contributed by atoms with E-state index in [-0.39, 0.29) is 17.9 Å². The van der Waals surface area contributed by atoms with E-state index in [2.05, 4.69) is 26.7 Å². The zero-order valence-corrected chi connectivity index (χ0v) is 8.97. The largest absolute Gasteiger partial charge is 0.508 e. The number of phenolic OH excluding ortho intramolecular Hbond substituents is 1. The molecule has 1 aromatic carbocycles. The highest BCUT2D eigenvalue weighted by atomic mass is 16.3. The summed E-state index contributed by atoms with van der Waals surface area (Å²) in [6.07, 6.45) is 1.35. The third kappa shape index (κ3) is 3.35. The fraction of sp³-hybridized carbons (Fsp3) is 0.200. The van der Waals surface area contributed by atoms with Crippen molar-refractivity contribution in [3.63, 3.8) is 0 Å². The third-order valence-electron chi connectivity index (χ3n) is 2.15. The minimum atomic E-state index is -0.298. The van der Waals surface area contributed by atoms with E-state index >= 15 is 0 Å². The summed E-state index contributed by atoms with van der Waals surface area (Å²) in [5, 5.41) is 15.7. The van der Waals surface area contributed by atoms with E-state index in [1.54, 1.807) is 30.5 Å². The Morgan fingerprint density at radius 3 is 2.88 bits per heavy atom. The van der Waals surface area contributed by atoms with Crippen molar-refractivity contribution >= 4 is 12.2 Å². The zero-order valence-electron chi connectivity index (χ0n) is 8.97. The molecule has 7 heteroatoms. The van der Waals surface area contributed by atoms with Crippen molar-refractivity contribution in [2.45, 2.75) is 6.17 Å². The first-order valence-electron chi connectivity index (χ1n) is 5.11. The molecule has 0 aromatic heterocycles. The van der Waals surface area contributed by atoms with Crippen LogP contribution < -0.4 is 21.6 Å². The summed E-state index contributed by atoms with van der Waals surface area (Å²) >= 11 is 0. The van der Waals surface area contributed by atoms with Crippen LogP contribution in [0.1, 0.15) is 5.56 Å². The van der Waals surface area contributed by atoms with E-state index < -0.39 is 0 Å². The molecule has 1 unspecified atom stereocenters. The van der Waals surface area contributed by atoms with Gasteiger partial charge in [-0.2, -0.15) is 5.10 Å². The Bertz CT molecular complexity index is 417. The Balaban J connectivity index is 1.84. The molecule has 7 nitrogen and oxygen atoms in total. The summed E-state index contributed by atoms with van der Waals surface area (Å²) in [6, 6.07) is 6.33.